The van der Waals surface area contributed by atoms with Crippen molar-refractivity contribution in [1.82, 2.24) is 5.01 Å². The highest BCUT2D eigenvalue weighted by atomic mass is 16.7. The molecule has 2 rings (SSSR count). The first-order chi connectivity index (χ1) is 10.2. The van der Waals surface area contributed by atoms with Crippen LogP contribution in [0, 0.1) is 0 Å². The molecule has 1 heterocycles. The van der Waals surface area contributed by atoms with Gasteiger partial charge in [0.15, 0.2) is 0 Å². The average molecular weight is 304 g/mol. The molecule has 22 heavy (non-hydrogen) atoms. The fraction of sp³-hybridized carbons (Fsp3) is 0.562. The summed E-state index contributed by atoms with van der Waals surface area (Å²) in [6.45, 7) is 8.17. The second-order valence-corrected chi connectivity index (χ2v) is 6.67. The number of benzene rings is 1. The molecule has 0 bridgehead atoms. The minimum absolute atomic E-state index is 0.378. The maximum absolute atomic E-state index is 6.14. The first-order valence-corrected chi connectivity index (χ1v) is 7.41. The van der Waals surface area contributed by atoms with Gasteiger partial charge in [0.1, 0.15) is 5.75 Å². The Hall–Kier alpha value is -1.53. The molecule has 0 saturated carbocycles. The molecule has 0 N–H and O–H groups in total. The standard InChI is InChI=1S/C16H25BN2O3/c1-15(2)16(3,4)22-17(21-15)14-10-13(20-7)9-8-12(14)11-18-19(5)6/h8-11H,1-7H3/b18-11+. The second kappa shape index (κ2) is 5.93. The highest BCUT2D eigenvalue weighted by Crippen LogP contribution is 2.36. The van der Waals surface area contributed by atoms with Crippen LogP contribution in [0.5, 0.6) is 5.75 Å². The molecule has 6 heteroatoms. The van der Waals surface area contributed by atoms with Crippen molar-refractivity contribution in [2.24, 2.45) is 5.10 Å². The second-order valence-electron chi connectivity index (χ2n) is 6.67. The Bertz CT molecular complexity index is 555. The zero-order valence-corrected chi connectivity index (χ0v) is 14.5. The molecular formula is C16H25BN2O3. The lowest BCUT2D eigenvalue weighted by Gasteiger charge is -2.32. The lowest BCUT2D eigenvalue weighted by molar-refractivity contribution is 0.00578. The van der Waals surface area contributed by atoms with Gasteiger partial charge in [-0.15, -0.1) is 0 Å². The van der Waals surface area contributed by atoms with Crippen LogP contribution in [0.4, 0.5) is 0 Å². The lowest BCUT2D eigenvalue weighted by Crippen LogP contribution is -2.41. The van der Waals surface area contributed by atoms with E-state index in [9.17, 15) is 0 Å². The van der Waals surface area contributed by atoms with Gasteiger partial charge in [0.05, 0.1) is 24.5 Å². The van der Waals surface area contributed by atoms with Gasteiger partial charge in [-0.05, 0) is 50.9 Å². The van der Waals surface area contributed by atoms with E-state index in [1.165, 1.54) is 0 Å². The molecule has 0 aromatic heterocycles. The SMILES string of the molecule is COc1ccc(/C=N/N(C)C)c(B2OC(C)(C)C(C)(C)O2)c1. The monoisotopic (exact) mass is 304 g/mol. The third-order valence-electron chi connectivity index (χ3n) is 4.23. The van der Waals surface area contributed by atoms with Gasteiger partial charge in [-0.25, -0.2) is 0 Å². The first-order valence-electron chi connectivity index (χ1n) is 7.41. The molecule has 1 aliphatic heterocycles. The molecule has 0 unspecified atom stereocenters. The first kappa shape index (κ1) is 16.8. The van der Waals surface area contributed by atoms with E-state index in [-0.39, 0.29) is 11.2 Å². The normalized spacial score (nSPS) is 19.7. The fourth-order valence-electron chi connectivity index (χ4n) is 2.15. The molecule has 0 radical (unpaired) electrons. The van der Waals surface area contributed by atoms with Gasteiger partial charge >= 0.3 is 7.12 Å². The third-order valence-corrected chi connectivity index (χ3v) is 4.23. The smallest absolute Gasteiger partial charge is 0.495 e. The van der Waals surface area contributed by atoms with Gasteiger partial charge in [-0.3, -0.25) is 0 Å². The number of methoxy groups -OCH3 is 1. The molecule has 5 nitrogen and oxygen atoms in total. The van der Waals surface area contributed by atoms with Crippen LogP contribution in [-0.4, -0.2) is 50.7 Å². The van der Waals surface area contributed by atoms with Gasteiger partial charge in [0, 0.05) is 14.1 Å². The number of nitrogens with zero attached hydrogens (tertiary/aromatic N) is 2. The molecule has 1 aromatic rings. The minimum atomic E-state index is -0.441. The van der Waals surface area contributed by atoms with Crippen LogP contribution < -0.4 is 10.2 Å². The van der Waals surface area contributed by atoms with E-state index < -0.39 is 7.12 Å². The van der Waals surface area contributed by atoms with E-state index >= 15 is 0 Å². The van der Waals surface area contributed by atoms with Crippen molar-refractivity contribution in [3.63, 3.8) is 0 Å². The van der Waals surface area contributed by atoms with Crippen molar-refractivity contribution in [2.45, 2.75) is 38.9 Å². The van der Waals surface area contributed by atoms with Crippen LogP contribution >= 0.6 is 0 Å². The molecule has 0 aliphatic carbocycles. The third kappa shape index (κ3) is 3.28. The van der Waals surface area contributed by atoms with E-state index in [4.69, 9.17) is 14.0 Å². The topological polar surface area (TPSA) is 43.3 Å². The summed E-state index contributed by atoms with van der Waals surface area (Å²) in [6.07, 6.45) is 1.81. The van der Waals surface area contributed by atoms with E-state index in [0.717, 1.165) is 16.8 Å². The summed E-state index contributed by atoms with van der Waals surface area (Å²) >= 11 is 0. The summed E-state index contributed by atoms with van der Waals surface area (Å²) in [5, 5.41) is 6.06. The molecule has 0 atom stereocenters. The summed E-state index contributed by atoms with van der Waals surface area (Å²) < 4.78 is 17.6. The Balaban J connectivity index is 2.40. The zero-order chi connectivity index (χ0) is 16.5. The van der Waals surface area contributed by atoms with Crippen molar-refractivity contribution in [2.75, 3.05) is 21.2 Å². The Morgan fingerprint density at radius 3 is 2.23 bits per heavy atom. The summed E-state index contributed by atoms with van der Waals surface area (Å²) in [6, 6.07) is 5.82. The van der Waals surface area contributed by atoms with Crippen LogP contribution in [0.3, 0.4) is 0 Å². The molecule has 1 fully saturated rings. The highest BCUT2D eigenvalue weighted by Gasteiger charge is 2.52. The summed E-state index contributed by atoms with van der Waals surface area (Å²) in [5.74, 6) is 0.770. The number of hydrogen-bond acceptors (Lipinski definition) is 5. The Morgan fingerprint density at radius 2 is 1.73 bits per heavy atom. The van der Waals surface area contributed by atoms with Gasteiger partial charge in [-0.1, -0.05) is 6.07 Å². The lowest BCUT2D eigenvalue weighted by atomic mass is 9.76. The number of hydrogen-bond donors (Lipinski definition) is 0. The van der Waals surface area contributed by atoms with Crippen molar-refractivity contribution in [3.8, 4) is 5.75 Å². The van der Waals surface area contributed by atoms with Gasteiger partial charge < -0.3 is 19.1 Å². The molecule has 120 valence electrons. The Morgan fingerprint density at radius 1 is 1.14 bits per heavy atom. The molecule has 1 aliphatic rings. The van der Waals surface area contributed by atoms with E-state index in [1.807, 2.05) is 60.0 Å². The quantitative estimate of drug-likeness (QED) is 0.484. The average Bonchev–Trinajstić information content (AvgIpc) is 2.65. The Labute approximate surface area is 133 Å². The van der Waals surface area contributed by atoms with Crippen molar-refractivity contribution in [3.05, 3.63) is 23.8 Å². The van der Waals surface area contributed by atoms with E-state index in [2.05, 4.69) is 5.10 Å². The van der Waals surface area contributed by atoms with Crippen LogP contribution in [-0.2, 0) is 9.31 Å². The van der Waals surface area contributed by atoms with Crippen LogP contribution in [0.2, 0.25) is 0 Å². The molecule has 1 aromatic carbocycles. The maximum atomic E-state index is 6.14. The summed E-state index contributed by atoms with van der Waals surface area (Å²) in [7, 11) is 4.98. The predicted octanol–water partition coefficient (Wildman–Crippen LogP) is 1.89. The van der Waals surface area contributed by atoms with E-state index in [1.54, 1.807) is 18.3 Å². The number of hydrazone groups is 1. The van der Waals surface area contributed by atoms with Gasteiger partial charge in [0.2, 0.25) is 0 Å². The van der Waals surface area contributed by atoms with Crippen LogP contribution in [0.15, 0.2) is 23.3 Å². The largest absolute Gasteiger partial charge is 0.497 e. The molecule has 0 spiro atoms. The molecule has 1 saturated heterocycles. The van der Waals surface area contributed by atoms with Crippen molar-refractivity contribution < 1.29 is 14.0 Å². The van der Waals surface area contributed by atoms with Gasteiger partial charge in [0.25, 0.3) is 0 Å². The molecular weight excluding hydrogens is 279 g/mol. The number of ether oxygens (including phenoxy) is 1. The minimum Gasteiger partial charge on any atom is -0.497 e. The van der Waals surface area contributed by atoms with Crippen molar-refractivity contribution >= 4 is 18.8 Å². The summed E-state index contributed by atoms with van der Waals surface area (Å²) in [4.78, 5) is 0. The van der Waals surface area contributed by atoms with Gasteiger partial charge in [-0.2, -0.15) is 5.10 Å². The maximum Gasteiger partial charge on any atom is 0.495 e. The number of rotatable bonds is 4. The Kier molecular flexibility index (Phi) is 4.54. The van der Waals surface area contributed by atoms with E-state index in [0.29, 0.717) is 0 Å². The van der Waals surface area contributed by atoms with Crippen LogP contribution in [0.25, 0.3) is 0 Å². The fourth-order valence-corrected chi connectivity index (χ4v) is 2.15. The molecule has 0 amide bonds. The van der Waals surface area contributed by atoms with Crippen LogP contribution in [0.1, 0.15) is 33.3 Å². The highest BCUT2D eigenvalue weighted by molar-refractivity contribution is 6.63. The summed E-state index contributed by atoms with van der Waals surface area (Å²) in [5.41, 5.74) is 1.12. The predicted molar refractivity (Wildman–Crippen MR) is 90.0 cm³/mol. The zero-order valence-electron chi connectivity index (χ0n) is 14.5. The van der Waals surface area contributed by atoms with Crippen molar-refractivity contribution in [1.29, 1.82) is 0 Å².